The van der Waals surface area contributed by atoms with Crippen LogP contribution in [-0.2, 0) is 10.0 Å². The zero-order valence-corrected chi connectivity index (χ0v) is 20.9. The molecule has 4 aromatic rings. The predicted molar refractivity (Wildman–Crippen MR) is 138 cm³/mol. The van der Waals surface area contributed by atoms with Gasteiger partial charge in [-0.3, -0.25) is 24.3 Å². The molecule has 188 valence electrons. The SMILES string of the molecule is Cc1cnc(C(=O)N2CCN(C(=O)c3ccc(NS(=O)(=O)c4cccc5cccnc45)cc3)CC2)cn1. The van der Waals surface area contributed by atoms with Crippen molar-refractivity contribution >= 4 is 38.4 Å². The lowest BCUT2D eigenvalue weighted by atomic mass is 10.1. The first kappa shape index (κ1) is 24.3. The van der Waals surface area contributed by atoms with E-state index in [0.717, 1.165) is 11.1 Å². The third kappa shape index (κ3) is 5.12. The second-order valence-electron chi connectivity index (χ2n) is 8.64. The minimum absolute atomic E-state index is 0.0785. The Bertz CT molecular complexity index is 1560. The molecule has 3 heterocycles. The number of pyridine rings is 1. The minimum Gasteiger partial charge on any atom is -0.335 e. The van der Waals surface area contributed by atoms with Crippen molar-refractivity contribution in [3.63, 3.8) is 0 Å². The number of piperazine rings is 1. The van der Waals surface area contributed by atoms with Gasteiger partial charge in [-0.05, 0) is 43.3 Å². The zero-order chi connectivity index (χ0) is 26.0. The van der Waals surface area contributed by atoms with Crippen molar-refractivity contribution < 1.29 is 18.0 Å². The highest BCUT2D eigenvalue weighted by Gasteiger charge is 2.26. The molecule has 2 amide bonds. The lowest BCUT2D eigenvalue weighted by Crippen LogP contribution is -2.50. The van der Waals surface area contributed by atoms with Crippen LogP contribution in [0.5, 0.6) is 0 Å². The second-order valence-corrected chi connectivity index (χ2v) is 10.3. The number of aryl methyl sites for hydroxylation is 1. The fourth-order valence-corrected chi connectivity index (χ4v) is 5.38. The van der Waals surface area contributed by atoms with Crippen LogP contribution in [0.15, 0.2) is 78.1 Å². The highest BCUT2D eigenvalue weighted by Crippen LogP contribution is 2.23. The highest BCUT2D eigenvalue weighted by atomic mass is 32.2. The van der Waals surface area contributed by atoms with Crippen molar-refractivity contribution in [1.29, 1.82) is 0 Å². The van der Waals surface area contributed by atoms with Crippen molar-refractivity contribution in [2.45, 2.75) is 11.8 Å². The number of amides is 2. The number of rotatable bonds is 5. The molecule has 1 fully saturated rings. The summed E-state index contributed by atoms with van der Waals surface area (Å²) in [5.41, 5.74) is 2.16. The van der Waals surface area contributed by atoms with Crippen LogP contribution in [0.2, 0.25) is 0 Å². The van der Waals surface area contributed by atoms with E-state index in [0.29, 0.717) is 42.9 Å². The van der Waals surface area contributed by atoms with Gasteiger partial charge < -0.3 is 9.80 Å². The molecule has 1 aliphatic heterocycles. The average molecular weight is 517 g/mol. The number of benzene rings is 2. The summed E-state index contributed by atoms with van der Waals surface area (Å²) in [5.74, 6) is -0.396. The normalized spacial score (nSPS) is 14.0. The summed E-state index contributed by atoms with van der Waals surface area (Å²) >= 11 is 0. The van der Waals surface area contributed by atoms with E-state index in [9.17, 15) is 18.0 Å². The Kier molecular flexibility index (Phi) is 6.53. The van der Waals surface area contributed by atoms with Crippen LogP contribution >= 0.6 is 0 Å². The topological polar surface area (TPSA) is 125 Å². The maximum atomic E-state index is 13.0. The van der Waals surface area contributed by atoms with Crippen LogP contribution in [0.1, 0.15) is 26.5 Å². The number of carbonyl (C=O) groups is 2. The zero-order valence-electron chi connectivity index (χ0n) is 20.0. The molecule has 2 aromatic heterocycles. The molecule has 1 aliphatic rings. The summed E-state index contributed by atoms with van der Waals surface area (Å²) < 4.78 is 28.6. The van der Waals surface area contributed by atoms with Gasteiger partial charge >= 0.3 is 0 Å². The summed E-state index contributed by atoms with van der Waals surface area (Å²) in [6.45, 7) is 3.34. The van der Waals surface area contributed by atoms with Crippen LogP contribution in [0.3, 0.4) is 0 Å². The quantitative estimate of drug-likeness (QED) is 0.432. The summed E-state index contributed by atoms with van der Waals surface area (Å²) in [6, 6.07) is 14.8. The van der Waals surface area contributed by atoms with E-state index >= 15 is 0 Å². The maximum absolute atomic E-state index is 13.0. The number of hydrogen-bond donors (Lipinski definition) is 1. The largest absolute Gasteiger partial charge is 0.335 e. The molecule has 0 spiro atoms. The molecule has 0 atom stereocenters. The van der Waals surface area contributed by atoms with Crippen LogP contribution < -0.4 is 4.72 Å². The van der Waals surface area contributed by atoms with E-state index < -0.39 is 10.0 Å². The molecular formula is C26H24N6O4S. The number of nitrogens with zero attached hydrogens (tertiary/aromatic N) is 5. The minimum atomic E-state index is -3.89. The predicted octanol–water partition coefficient (Wildman–Crippen LogP) is 2.73. The Labute approximate surface area is 214 Å². The molecule has 0 saturated carbocycles. The van der Waals surface area contributed by atoms with Gasteiger partial charge in [0.15, 0.2) is 0 Å². The van der Waals surface area contributed by atoms with Gasteiger partial charge in [0.25, 0.3) is 21.8 Å². The van der Waals surface area contributed by atoms with Crippen LogP contribution in [-0.4, -0.2) is 71.2 Å². The van der Waals surface area contributed by atoms with Crippen molar-refractivity contribution in [3.05, 3.63) is 90.1 Å². The van der Waals surface area contributed by atoms with Gasteiger partial charge in [0.2, 0.25) is 0 Å². The number of nitrogens with one attached hydrogen (secondary N) is 1. The molecule has 1 N–H and O–H groups in total. The first-order chi connectivity index (χ1) is 17.8. The number of hydrogen-bond acceptors (Lipinski definition) is 7. The van der Waals surface area contributed by atoms with Crippen molar-refractivity contribution in [2.75, 3.05) is 30.9 Å². The first-order valence-corrected chi connectivity index (χ1v) is 13.1. The van der Waals surface area contributed by atoms with Gasteiger partial charge in [0.1, 0.15) is 10.6 Å². The number of anilines is 1. The van der Waals surface area contributed by atoms with Gasteiger partial charge in [-0.25, -0.2) is 13.4 Å². The number of para-hydroxylation sites is 1. The van der Waals surface area contributed by atoms with E-state index in [1.807, 2.05) is 0 Å². The molecule has 5 rings (SSSR count). The standard InChI is InChI=1S/C26H24N6O4S/c1-18-16-29-22(17-28-18)26(34)32-14-12-31(13-15-32)25(33)20-7-9-21(10-8-20)30-37(35,36)23-6-2-4-19-5-3-11-27-24(19)23/h2-11,16-17,30H,12-15H2,1H3. The van der Waals surface area contributed by atoms with Crippen molar-refractivity contribution in [1.82, 2.24) is 24.8 Å². The number of aromatic nitrogens is 3. The number of fused-ring (bicyclic) bond motifs is 1. The van der Waals surface area contributed by atoms with E-state index in [4.69, 9.17) is 0 Å². The van der Waals surface area contributed by atoms with Crippen molar-refractivity contribution in [3.8, 4) is 0 Å². The molecule has 0 unspecified atom stereocenters. The third-order valence-electron chi connectivity index (χ3n) is 6.12. The lowest BCUT2D eigenvalue weighted by molar-refractivity contribution is 0.0532. The molecular weight excluding hydrogens is 492 g/mol. The Balaban J connectivity index is 1.23. The van der Waals surface area contributed by atoms with Crippen LogP contribution in [0, 0.1) is 6.92 Å². The summed E-state index contributed by atoms with van der Waals surface area (Å²) in [5, 5.41) is 0.722. The molecule has 1 saturated heterocycles. The average Bonchev–Trinajstić information content (AvgIpc) is 2.92. The third-order valence-corrected chi connectivity index (χ3v) is 7.54. The molecule has 11 heteroatoms. The van der Waals surface area contributed by atoms with Gasteiger partial charge in [0, 0.05) is 55.2 Å². The van der Waals surface area contributed by atoms with Crippen LogP contribution in [0.25, 0.3) is 10.9 Å². The Morgan fingerprint density at radius 1 is 0.811 bits per heavy atom. The molecule has 10 nitrogen and oxygen atoms in total. The molecule has 37 heavy (non-hydrogen) atoms. The van der Waals surface area contributed by atoms with E-state index in [1.165, 1.54) is 12.3 Å². The Hall–Kier alpha value is -4.38. The molecule has 0 bridgehead atoms. The van der Waals surface area contributed by atoms with E-state index in [2.05, 4.69) is 19.7 Å². The number of sulfonamides is 1. The van der Waals surface area contributed by atoms with Gasteiger partial charge in [0.05, 0.1) is 17.4 Å². The number of carbonyl (C=O) groups excluding carboxylic acids is 2. The molecule has 0 aliphatic carbocycles. The highest BCUT2D eigenvalue weighted by molar-refractivity contribution is 7.93. The van der Waals surface area contributed by atoms with Crippen molar-refractivity contribution in [2.24, 2.45) is 0 Å². The Morgan fingerprint density at radius 2 is 1.49 bits per heavy atom. The summed E-state index contributed by atoms with van der Waals surface area (Å²) in [7, 11) is -3.89. The molecule has 2 aromatic carbocycles. The summed E-state index contributed by atoms with van der Waals surface area (Å²) in [4.78, 5) is 41.5. The van der Waals surface area contributed by atoms with E-state index in [-0.39, 0.29) is 22.4 Å². The van der Waals surface area contributed by atoms with Gasteiger partial charge in [-0.2, -0.15) is 0 Å². The lowest BCUT2D eigenvalue weighted by Gasteiger charge is -2.34. The monoisotopic (exact) mass is 516 g/mol. The van der Waals surface area contributed by atoms with Gasteiger partial charge in [-0.1, -0.05) is 18.2 Å². The first-order valence-electron chi connectivity index (χ1n) is 11.7. The second kappa shape index (κ2) is 9.94. The molecule has 0 radical (unpaired) electrons. The fourth-order valence-electron chi connectivity index (χ4n) is 4.14. The maximum Gasteiger partial charge on any atom is 0.274 e. The fraction of sp³-hybridized carbons (Fsp3) is 0.192. The van der Waals surface area contributed by atoms with Gasteiger partial charge in [-0.15, -0.1) is 0 Å². The Morgan fingerprint density at radius 3 is 2.16 bits per heavy atom. The smallest absolute Gasteiger partial charge is 0.274 e. The van der Waals surface area contributed by atoms with Crippen LogP contribution in [0.4, 0.5) is 5.69 Å². The van der Waals surface area contributed by atoms with E-state index in [1.54, 1.807) is 77.6 Å². The summed E-state index contributed by atoms with van der Waals surface area (Å²) in [6.07, 6.45) is 4.56.